The van der Waals surface area contributed by atoms with Gasteiger partial charge in [-0.15, -0.1) is 0 Å². The number of carbonyl (C=O) groups excluding carboxylic acids is 1. The molecule has 1 saturated heterocycles. The summed E-state index contributed by atoms with van der Waals surface area (Å²) in [5.41, 5.74) is 7.87. The van der Waals surface area contributed by atoms with E-state index < -0.39 is 5.82 Å². The third-order valence-electron chi connectivity index (χ3n) is 6.80. The maximum absolute atomic E-state index is 15.1. The lowest BCUT2D eigenvalue weighted by Gasteiger charge is -2.28. The molecule has 1 amide bonds. The third-order valence-corrected chi connectivity index (χ3v) is 6.80. The molecule has 0 atom stereocenters. The highest BCUT2D eigenvalue weighted by Crippen LogP contribution is 2.31. The van der Waals surface area contributed by atoms with Crippen molar-refractivity contribution in [1.82, 2.24) is 19.9 Å². The number of carbonyl (C=O) groups is 1. The number of nitrogens with one attached hydrogen (secondary N) is 1. The number of rotatable bonds is 5. The smallest absolute Gasteiger partial charge is 0.256 e. The van der Waals surface area contributed by atoms with Gasteiger partial charge in [0.25, 0.3) is 5.91 Å². The third kappa shape index (κ3) is 4.89. The summed E-state index contributed by atoms with van der Waals surface area (Å²) < 4.78 is 25.8. The number of nitrogens with zero attached hydrogens (tertiary/aromatic N) is 4. The van der Waals surface area contributed by atoms with Crippen molar-refractivity contribution in [3.8, 4) is 11.1 Å². The number of nitrogens with two attached hydrogens (primary N) is 1. The average molecular weight is 481 g/mol. The molecule has 0 radical (unpaired) electrons. The summed E-state index contributed by atoms with van der Waals surface area (Å²) in [6.07, 6.45) is 7.43. The van der Waals surface area contributed by atoms with Crippen LogP contribution in [0.1, 0.15) is 36.0 Å². The van der Waals surface area contributed by atoms with Crippen LogP contribution in [0.5, 0.6) is 0 Å². The molecule has 9 nitrogen and oxygen atoms in total. The van der Waals surface area contributed by atoms with Gasteiger partial charge in [-0.25, -0.2) is 19.3 Å². The molecular weight excluding hydrogens is 451 g/mol. The zero-order valence-corrected chi connectivity index (χ0v) is 19.7. The van der Waals surface area contributed by atoms with Crippen molar-refractivity contribution in [3.63, 3.8) is 0 Å². The van der Waals surface area contributed by atoms with Crippen molar-refractivity contribution < 1.29 is 18.7 Å². The van der Waals surface area contributed by atoms with Gasteiger partial charge in [0.2, 0.25) is 5.95 Å². The monoisotopic (exact) mass is 480 g/mol. The Morgan fingerprint density at radius 1 is 1.17 bits per heavy atom. The number of halogens is 1. The Balaban J connectivity index is 1.43. The number of hydrogen-bond acceptors (Lipinski definition) is 8. The molecule has 0 unspecified atom stereocenters. The van der Waals surface area contributed by atoms with Gasteiger partial charge >= 0.3 is 0 Å². The van der Waals surface area contributed by atoms with Gasteiger partial charge in [-0.3, -0.25) is 4.79 Å². The molecule has 2 fully saturated rings. The van der Waals surface area contributed by atoms with Gasteiger partial charge in [-0.1, -0.05) is 6.07 Å². The zero-order chi connectivity index (χ0) is 24.4. The lowest BCUT2D eigenvalue weighted by atomic mass is 9.93. The van der Waals surface area contributed by atoms with Crippen LogP contribution < -0.4 is 11.1 Å². The number of fused-ring (bicyclic) bond motifs is 1. The van der Waals surface area contributed by atoms with Crippen LogP contribution in [-0.2, 0) is 9.47 Å². The van der Waals surface area contributed by atoms with E-state index in [9.17, 15) is 4.79 Å². The van der Waals surface area contributed by atoms with E-state index in [1.54, 1.807) is 30.5 Å². The van der Waals surface area contributed by atoms with Crippen LogP contribution in [-0.4, -0.2) is 71.3 Å². The minimum absolute atomic E-state index is 0.0343. The van der Waals surface area contributed by atoms with Crippen LogP contribution in [0.3, 0.4) is 0 Å². The second-order valence-electron chi connectivity index (χ2n) is 8.97. The first-order chi connectivity index (χ1) is 17.0. The number of amides is 1. The van der Waals surface area contributed by atoms with Crippen LogP contribution in [0.25, 0.3) is 22.0 Å². The summed E-state index contributed by atoms with van der Waals surface area (Å²) in [7, 11) is 1.75. The average Bonchev–Trinajstić information content (AvgIpc) is 2.89. The number of ether oxygens (including phenoxy) is 2. The minimum Gasteiger partial charge on any atom is -0.383 e. The highest BCUT2D eigenvalue weighted by Gasteiger charge is 2.23. The molecule has 0 spiro atoms. The van der Waals surface area contributed by atoms with Crippen molar-refractivity contribution in [2.45, 2.75) is 37.8 Å². The Morgan fingerprint density at radius 2 is 1.94 bits per heavy atom. The summed E-state index contributed by atoms with van der Waals surface area (Å²) in [5, 5.41) is 4.00. The first kappa shape index (κ1) is 23.4. The van der Waals surface area contributed by atoms with Crippen molar-refractivity contribution in [2.24, 2.45) is 0 Å². The van der Waals surface area contributed by atoms with Crippen LogP contribution in [0.4, 0.5) is 16.2 Å². The highest BCUT2D eigenvalue weighted by atomic mass is 19.1. The second-order valence-corrected chi connectivity index (χ2v) is 8.97. The van der Waals surface area contributed by atoms with Crippen LogP contribution in [0, 0.1) is 5.82 Å². The van der Waals surface area contributed by atoms with Gasteiger partial charge in [-0.2, -0.15) is 0 Å². The molecule has 1 aliphatic heterocycles. The van der Waals surface area contributed by atoms with Gasteiger partial charge in [0.1, 0.15) is 11.6 Å². The molecule has 2 aliphatic rings. The fraction of sp³-hybridized carbons (Fsp3) is 0.440. The number of methoxy groups -OCH3 is 1. The standard InChI is InChI=1S/C25H29FN6O3/c1-34-17-5-3-16(4-6-17)30-25-29-14-20-22(31-25)19(13-28-23(20)27)15-2-7-18(21(26)12-15)24(33)32-8-10-35-11-9-32/h2,7,12-14,16-17H,3-6,8-11H2,1H3,(H2,27,28)(H,29,30,31)/t16-,17-. The SMILES string of the molecule is CO[C@H]1CC[C@H](Nc2ncc3c(N)ncc(-c4ccc(C(=O)N5CCOCC5)c(F)c4)c3n2)CC1. The maximum Gasteiger partial charge on any atom is 0.256 e. The summed E-state index contributed by atoms with van der Waals surface area (Å²) >= 11 is 0. The Labute approximate surface area is 202 Å². The number of benzene rings is 1. The minimum atomic E-state index is -0.591. The molecule has 2 aromatic heterocycles. The molecule has 10 heteroatoms. The normalized spacial score (nSPS) is 20.7. The van der Waals surface area contributed by atoms with E-state index in [1.165, 1.54) is 12.1 Å². The molecule has 1 saturated carbocycles. The van der Waals surface area contributed by atoms with Crippen molar-refractivity contribution in [2.75, 3.05) is 44.5 Å². The predicted octanol–water partition coefficient (Wildman–Crippen LogP) is 3.26. The second kappa shape index (κ2) is 10.1. The Bertz CT molecular complexity index is 1230. The molecule has 1 aliphatic carbocycles. The summed E-state index contributed by atoms with van der Waals surface area (Å²) in [6, 6.07) is 4.83. The molecule has 35 heavy (non-hydrogen) atoms. The molecule has 0 bridgehead atoms. The van der Waals surface area contributed by atoms with E-state index in [2.05, 4.69) is 15.3 Å². The van der Waals surface area contributed by atoms with Crippen molar-refractivity contribution in [3.05, 3.63) is 42.0 Å². The predicted molar refractivity (Wildman–Crippen MR) is 131 cm³/mol. The van der Waals surface area contributed by atoms with Crippen molar-refractivity contribution in [1.29, 1.82) is 0 Å². The molecule has 1 aromatic carbocycles. The lowest BCUT2D eigenvalue weighted by Crippen LogP contribution is -2.41. The van der Waals surface area contributed by atoms with Gasteiger partial charge in [-0.05, 0) is 43.4 Å². The topological polar surface area (TPSA) is 115 Å². The highest BCUT2D eigenvalue weighted by molar-refractivity contribution is 5.99. The molecule has 3 heterocycles. The first-order valence-corrected chi connectivity index (χ1v) is 11.9. The molecule has 3 N–H and O–H groups in total. The zero-order valence-electron chi connectivity index (χ0n) is 19.7. The molecule has 184 valence electrons. The van der Waals surface area contributed by atoms with E-state index in [4.69, 9.17) is 20.2 Å². The summed E-state index contributed by atoms with van der Waals surface area (Å²) in [5.74, 6) is -0.138. The lowest BCUT2D eigenvalue weighted by molar-refractivity contribution is 0.0300. The van der Waals surface area contributed by atoms with E-state index in [-0.39, 0.29) is 17.5 Å². The van der Waals surface area contributed by atoms with E-state index in [0.717, 1.165) is 25.7 Å². The molecule has 3 aromatic rings. The van der Waals surface area contributed by atoms with Crippen LogP contribution >= 0.6 is 0 Å². The van der Waals surface area contributed by atoms with Gasteiger partial charge < -0.3 is 25.4 Å². The largest absolute Gasteiger partial charge is 0.383 e. The Kier molecular flexibility index (Phi) is 6.74. The van der Waals surface area contributed by atoms with Gasteiger partial charge in [0.05, 0.1) is 35.8 Å². The fourth-order valence-electron chi connectivity index (χ4n) is 4.74. The van der Waals surface area contributed by atoms with E-state index in [1.807, 2.05) is 0 Å². The number of hydrogen-bond donors (Lipinski definition) is 2. The van der Waals surface area contributed by atoms with Gasteiger partial charge in [0.15, 0.2) is 0 Å². The van der Waals surface area contributed by atoms with Crippen molar-refractivity contribution >= 4 is 28.6 Å². The Hall–Kier alpha value is -3.37. The number of morpholine rings is 1. The quantitative estimate of drug-likeness (QED) is 0.572. The number of nitrogen functional groups attached to an aromatic ring is 1. The summed E-state index contributed by atoms with van der Waals surface area (Å²) in [4.78, 5) is 27.8. The molecule has 5 rings (SSSR count). The Morgan fingerprint density at radius 3 is 2.66 bits per heavy atom. The van der Waals surface area contributed by atoms with Crippen LogP contribution in [0.15, 0.2) is 30.6 Å². The van der Waals surface area contributed by atoms with Crippen LogP contribution in [0.2, 0.25) is 0 Å². The summed E-state index contributed by atoms with van der Waals surface area (Å²) in [6.45, 7) is 1.82. The number of aromatic nitrogens is 3. The maximum atomic E-state index is 15.1. The first-order valence-electron chi connectivity index (χ1n) is 11.9. The number of anilines is 2. The van der Waals surface area contributed by atoms with Gasteiger partial charge in [0, 0.05) is 44.2 Å². The fourth-order valence-corrected chi connectivity index (χ4v) is 4.74. The molecular formula is C25H29FN6O3. The van der Waals surface area contributed by atoms with E-state index in [0.29, 0.717) is 66.2 Å². The van der Waals surface area contributed by atoms with E-state index >= 15 is 4.39 Å². The number of pyridine rings is 1.